The number of hydrogen-bond donors (Lipinski definition) is 1. The predicted molar refractivity (Wildman–Crippen MR) is 119 cm³/mol. The topological polar surface area (TPSA) is 20.2 Å². The van der Waals surface area contributed by atoms with E-state index in [1.807, 2.05) is 0 Å². The van der Waals surface area contributed by atoms with Gasteiger partial charge in [0, 0.05) is 0 Å². The van der Waals surface area contributed by atoms with Crippen molar-refractivity contribution in [2.45, 2.75) is 111 Å². The number of aliphatic hydroxyl groups is 1. The van der Waals surface area contributed by atoms with Gasteiger partial charge in [0.15, 0.2) is 0 Å². The molecule has 0 aliphatic heterocycles. The molecule has 0 bridgehead atoms. The van der Waals surface area contributed by atoms with E-state index in [4.69, 9.17) is 6.54 Å². The Kier molecular flexibility index (Phi) is 5.44. The van der Waals surface area contributed by atoms with Crippen LogP contribution in [0.2, 0.25) is 0 Å². The Balaban J connectivity index is 1.48. The van der Waals surface area contributed by atoms with Crippen LogP contribution in [0, 0.1) is 46.3 Å². The zero-order valence-corrected chi connectivity index (χ0v) is 19.3. The molecule has 160 valence electrons. The standard InChI is InChI=1S/C27H46O/c1-18(2)7-6-8-19(3)23-11-12-24-22-10-9-20-17-21(28)13-15-26(20,4)25(22)14-16-27(23,24)5/h9,18-19,21-25,28H,6-8,10-17H2,1-5H3/t19-,21?,22+,23-,24+,25+,26+,27-/m1/s1/i28T. The van der Waals surface area contributed by atoms with Gasteiger partial charge in [-0.1, -0.05) is 65.5 Å². The number of allylic oxidation sites excluding steroid dienone is 1. The van der Waals surface area contributed by atoms with Crippen LogP contribution >= 0.6 is 0 Å². The minimum absolute atomic E-state index is 0.141. The van der Waals surface area contributed by atoms with E-state index in [0.29, 0.717) is 10.8 Å². The molecule has 1 N–H and O–H groups in total. The van der Waals surface area contributed by atoms with E-state index in [2.05, 4.69) is 40.7 Å². The predicted octanol–water partition coefficient (Wildman–Crippen LogP) is 7.39. The van der Waals surface area contributed by atoms with Gasteiger partial charge in [0.2, 0.25) is 1.43 Å². The first-order valence-electron chi connectivity index (χ1n) is 13.0. The zero-order valence-electron chi connectivity index (χ0n) is 20.3. The van der Waals surface area contributed by atoms with Crippen molar-refractivity contribution < 1.29 is 5.11 Å². The van der Waals surface area contributed by atoms with Gasteiger partial charge in [-0.05, 0) is 97.7 Å². The van der Waals surface area contributed by atoms with Gasteiger partial charge in [0.05, 0.1) is 6.10 Å². The molecule has 28 heavy (non-hydrogen) atoms. The average Bonchev–Trinajstić information content (AvgIpc) is 3.04. The van der Waals surface area contributed by atoms with Crippen LogP contribution in [0.1, 0.15) is 105 Å². The molecule has 1 heteroatoms. The fourth-order valence-corrected chi connectivity index (χ4v) is 8.65. The molecule has 4 aliphatic rings. The molecule has 0 saturated heterocycles. The van der Waals surface area contributed by atoms with Crippen LogP contribution in [-0.4, -0.2) is 12.6 Å². The minimum atomic E-state index is 0.141. The highest BCUT2D eigenvalue weighted by Gasteiger charge is 2.59. The van der Waals surface area contributed by atoms with Crippen molar-refractivity contribution >= 4 is 0 Å². The molecule has 0 heterocycles. The molecule has 8 atom stereocenters. The molecule has 0 spiro atoms. The van der Waals surface area contributed by atoms with Crippen LogP contribution < -0.4 is 0 Å². The Morgan fingerprint density at radius 3 is 2.64 bits per heavy atom. The summed E-state index contributed by atoms with van der Waals surface area (Å²) >= 11 is 0. The summed E-state index contributed by atoms with van der Waals surface area (Å²) in [5, 5.41) is 5.00. The molecule has 0 aromatic carbocycles. The summed E-state index contributed by atoms with van der Waals surface area (Å²) in [6, 6.07) is 0. The molecule has 4 aliphatic carbocycles. The lowest BCUT2D eigenvalue weighted by Gasteiger charge is -2.58. The number of hydrogen-bond acceptors (Lipinski definition) is 1. The first kappa shape index (κ1) is 19.7. The van der Waals surface area contributed by atoms with Crippen LogP contribution in [0.3, 0.4) is 0 Å². The lowest BCUT2D eigenvalue weighted by Crippen LogP contribution is -2.50. The van der Waals surface area contributed by atoms with E-state index in [9.17, 15) is 0 Å². The van der Waals surface area contributed by atoms with Crippen LogP contribution in [0.15, 0.2) is 11.6 Å². The highest BCUT2D eigenvalue weighted by molar-refractivity contribution is 5.25. The smallest absolute Gasteiger partial charge is 0.210 e. The monoisotopic (exact) mass is 388 g/mol. The Bertz CT molecular complexity index is 612. The van der Waals surface area contributed by atoms with Gasteiger partial charge < -0.3 is 5.11 Å². The summed E-state index contributed by atoms with van der Waals surface area (Å²) in [5.41, 5.74) is 2.62. The summed E-state index contributed by atoms with van der Waals surface area (Å²) < 4.78 is 7.38. The van der Waals surface area contributed by atoms with Gasteiger partial charge in [-0.2, -0.15) is 0 Å². The Hall–Kier alpha value is -0.300. The Labute approximate surface area is 176 Å². The fourth-order valence-electron chi connectivity index (χ4n) is 8.65. The second-order valence-corrected chi connectivity index (χ2v) is 12.2. The van der Waals surface area contributed by atoms with Crippen LogP contribution in [-0.2, 0) is 0 Å². The second kappa shape index (κ2) is 7.75. The highest BCUT2D eigenvalue weighted by Crippen LogP contribution is 2.67. The summed E-state index contributed by atoms with van der Waals surface area (Å²) in [4.78, 5) is 0. The fraction of sp³-hybridized carbons (Fsp3) is 0.926. The third-order valence-corrected chi connectivity index (χ3v) is 10.3. The minimum Gasteiger partial charge on any atom is -0.393 e. The van der Waals surface area contributed by atoms with Gasteiger partial charge in [0.25, 0.3) is 0 Å². The summed E-state index contributed by atoms with van der Waals surface area (Å²) in [6.45, 7) is 12.6. The molecule has 4 rings (SSSR count). The van der Waals surface area contributed by atoms with Gasteiger partial charge in [-0.3, -0.25) is 0 Å². The maximum absolute atomic E-state index is 7.38. The lowest BCUT2D eigenvalue weighted by atomic mass is 9.47. The van der Waals surface area contributed by atoms with Crippen molar-refractivity contribution in [2.24, 2.45) is 46.3 Å². The molecule has 0 amide bonds. The first-order valence-corrected chi connectivity index (χ1v) is 12.6. The number of fused-ring (bicyclic) bond motifs is 5. The molecule has 1 unspecified atom stereocenters. The van der Waals surface area contributed by atoms with Crippen molar-refractivity contribution in [3.8, 4) is 0 Å². The molecule has 1 nitrogen and oxygen atoms in total. The molecule has 3 fully saturated rings. The van der Waals surface area contributed by atoms with Crippen molar-refractivity contribution in [1.29, 1.82) is 1.43 Å². The molecular formula is C27H46O. The summed E-state index contributed by atoms with van der Waals surface area (Å²) in [5.74, 6) is 5.43. The van der Waals surface area contributed by atoms with Crippen LogP contribution in [0.5, 0.6) is 0 Å². The lowest BCUT2D eigenvalue weighted by molar-refractivity contribution is -0.0573. The SMILES string of the molecule is [3H]OC1CC[C@@]2(C)C(=CC[C@H]3[C@@H]4CC[C@H]([C@H](C)CCCC(C)C)[C@@]4(C)CC[C@@H]32)C1. The van der Waals surface area contributed by atoms with Crippen LogP contribution in [0.25, 0.3) is 0 Å². The van der Waals surface area contributed by atoms with Crippen molar-refractivity contribution in [3.05, 3.63) is 11.6 Å². The van der Waals surface area contributed by atoms with Crippen LogP contribution in [0.4, 0.5) is 0 Å². The number of rotatable bonds is 6. The molecule has 0 aromatic heterocycles. The molecule has 3 saturated carbocycles. The number of aliphatic hydroxyl groups excluding tert-OH is 1. The van der Waals surface area contributed by atoms with Crippen molar-refractivity contribution in [3.63, 3.8) is 0 Å². The third-order valence-electron chi connectivity index (χ3n) is 10.3. The second-order valence-electron chi connectivity index (χ2n) is 12.2. The van der Waals surface area contributed by atoms with Gasteiger partial charge in [-0.15, -0.1) is 0 Å². The van der Waals surface area contributed by atoms with Gasteiger partial charge in [-0.25, -0.2) is 0 Å². The highest BCUT2D eigenvalue weighted by atomic mass is 16.3. The third kappa shape index (κ3) is 3.42. The van der Waals surface area contributed by atoms with E-state index >= 15 is 0 Å². The summed E-state index contributed by atoms with van der Waals surface area (Å²) in [7, 11) is 0. The maximum atomic E-state index is 7.38. The zero-order chi connectivity index (χ0) is 20.8. The first-order chi connectivity index (χ1) is 13.8. The van der Waals surface area contributed by atoms with E-state index in [1.54, 1.807) is 5.57 Å². The molecular weight excluding hydrogens is 340 g/mol. The maximum Gasteiger partial charge on any atom is 0.210 e. The van der Waals surface area contributed by atoms with Crippen molar-refractivity contribution in [2.75, 3.05) is 0 Å². The Morgan fingerprint density at radius 1 is 1.07 bits per heavy atom. The largest absolute Gasteiger partial charge is 0.393 e. The quantitative estimate of drug-likeness (QED) is 0.470. The molecule has 0 radical (unpaired) electrons. The Morgan fingerprint density at radius 2 is 1.89 bits per heavy atom. The van der Waals surface area contributed by atoms with Gasteiger partial charge >= 0.3 is 0 Å². The normalized spacial score (nSPS) is 47.0. The van der Waals surface area contributed by atoms with E-state index in [1.165, 1.54) is 57.8 Å². The van der Waals surface area contributed by atoms with Gasteiger partial charge in [0.1, 0.15) is 0 Å². The molecule has 0 aromatic rings. The van der Waals surface area contributed by atoms with E-state index in [0.717, 1.165) is 48.3 Å². The summed E-state index contributed by atoms with van der Waals surface area (Å²) in [6.07, 6.45) is 17.5. The average molecular weight is 389 g/mol. The van der Waals surface area contributed by atoms with Crippen molar-refractivity contribution in [1.82, 2.24) is 0 Å². The van der Waals surface area contributed by atoms with E-state index in [-0.39, 0.29) is 6.10 Å². The van der Waals surface area contributed by atoms with E-state index < -0.39 is 0 Å².